The largest absolute Gasteiger partial charge is 0.492 e. The van der Waals surface area contributed by atoms with Crippen molar-refractivity contribution in [1.82, 2.24) is 0 Å². The molecule has 0 radical (unpaired) electrons. The predicted molar refractivity (Wildman–Crippen MR) is 129 cm³/mol. The predicted octanol–water partition coefficient (Wildman–Crippen LogP) is 6.57. The zero-order chi connectivity index (χ0) is 26.2. The van der Waals surface area contributed by atoms with Crippen molar-refractivity contribution < 1.29 is 37.3 Å². The molecule has 6 nitrogen and oxygen atoms in total. The quantitative estimate of drug-likeness (QED) is 0.363. The number of alkyl halides is 3. The lowest BCUT2D eigenvalue weighted by atomic mass is 9.96. The van der Waals surface area contributed by atoms with E-state index in [9.17, 15) is 27.9 Å². The molecule has 36 heavy (non-hydrogen) atoms. The van der Waals surface area contributed by atoms with E-state index in [0.29, 0.717) is 28.4 Å². The fourth-order valence-corrected chi connectivity index (χ4v) is 4.78. The lowest BCUT2D eigenvalue weighted by Gasteiger charge is -2.19. The number of hydrogen-bond donors (Lipinski definition) is 1. The Bertz CT molecular complexity index is 1340. The van der Waals surface area contributed by atoms with Crippen molar-refractivity contribution in [3.63, 3.8) is 0 Å². The van der Waals surface area contributed by atoms with Crippen LogP contribution in [0.4, 0.5) is 18.9 Å². The Labute approximate surface area is 210 Å². The highest BCUT2D eigenvalue weighted by molar-refractivity contribution is 6.34. The first kappa shape index (κ1) is 25.6. The molecule has 190 valence electrons. The Balaban J connectivity index is 1.85. The van der Waals surface area contributed by atoms with Gasteiger partial charge in [-0.15, -0.1) is 0 Å². The first-order valence-corrected chi connectivity index (χ1v) is 11.7. The Morgan fingerprint density at radius 1 is 1.11 bits per heavy atom. The van der Waals surface area contributed by atoms with Crippen molar-refractivity contribution in [1.29, 1.82) is 0 Å². The number of amides is 1. The third-order valence-corrected chi connectivity index (χ3v) is 6.34. The highest BCUT2D eigenvalue weighted by Crippen LogP contribution is 2.47. The third-order valence-electron chi connectivity index (χ3n) is 6.03. The Hall–Kier alpha value is -3.46. The summed E-state index contributed by atoms with van der Waals surface area (Å²) in [4.78, 5) is 26.5. The van der Waals surface area contributed by atoms with E-state index in [1.54, 1.807) is 50.2 Å². The number of carboxylic acids is 1. The second kappa shape index (κ2) is 9.89. The SMILES string of the molecule is CCOc1c2c(c(OCC(F)(F)F)c3ccccc13)CN(c1ccc(C(CC)C(=O)O)cc1Cl)C2=O. The lowest BCUT2D eigenvalue weighted by molar-refractivity contribution is -0.153. The minimum Gasteiger partial charge on any atom is -0.492 e. The summed E-state index contributed by atoms with van der Waals surface area (Å²) in [6.07, 6.45) is -4.22. The van der Waals surface area contributed by atoms with E-state index in [4.69, 9.17) is 21.1 Å². The average molecular weight is 522 g/mol. The van der Waals surface area contributed by atoms with Gasteiger partial charge in [0.05, 0.1) is 35.3 Å². The zero-order valence-corrected chi connectivity index (χ0v) is 20.2. The summed E-state index contributed by atoms with van der Waals surface area (Å²) in [5.74, 6) is -2.04. The van der Waals surface area contributed by atoms with Gasteiger partial charge < -0.3 is 19.5 Å². The molecule has 4 rings (SSSR count). The number of nitrogens with zero attached hydrogens (tertiary/aromatic N) is 1. The first-order chi connectivity index (χ1) is 17.1. The molecule has 1 unspecified atom stereocenters. The Kier molecular flexibility index (Phi) is 7.04. The third kappa shape index (κ3) is 4.67. The van der Waals surface area contributed by atoms with Crippen LogP contribution in [-0.4, -0.2) is 36.4 Å². The summed E-state index contributed by atoms with van der Waals surface area (Å²) in [5.41, 5.74) is 1.17. The number of halogens is 4. The summed E-state index contributed by atoms with van der Waals surface area (Å²) >= 11 is 6.49. The second-order valence-electron chi connectivity index (χ2n) is 8.30. The topological polar surface area (TPSA) is 76.1 Å². The first-order valence-electron chi connectivity index (χ1n) is 11.3. The van der Waals surface area contributed by atoms with E-state index >= 15 is 0 Å². The molecule has 0 saturated heterocycles. The summed E-state index contributed by atoms with van der Waals surface area (Å²) in [6.45, 7) is 2.10. The molecule has 0 aromatic heterocycles. The van der Waals surface area contributed by atoms with Crippen molar-refractivity contribution in [3.05, 3.63) is 64.2 Å². The van der Waals surface area contributed by atoms with Gasteiger partial charge >= 0.3 is 12.1 Å². The number of benzene rings is 3. The molecule has 0 fully saturated rings. The fourth-order valence-electron chi connectivity index (χ4n) is 4.49. The van der Waals surface area contributed by atoms with Crippen LogP contribution < -0.4 is 14.4 Å². The molecule has 3 aromatic carbocycles. The summed E-state index contributed by atoms with van der Waals surface area (Å²) in [7, 11) is 0. The molecule has 1 aliphatic rings. The van der Waals surface area contributed by atoms with Gasteiger partial charge in [-0.3, -0.25) is 9.59 Å². The van der Waals surface area contributed by atoms with Gasteiger partial charge in [-0.2, -0.15) is 13.2 Å². The maximum absolute atomic E-state index is 13.6. The number of carboxylic acid groups (broad SMARTS) is 1. The molecule has 1 aliphatic heterocycles. The minimum atomic E-state index is -4.58. The van der Waals surface area contributed by atoms with Crippen molar-refractivity contribution >= 4 is 39.9 Å². The Morgan fingerprint density at radius 2 is 1.78 bits per heavy atom. The molecule has 3 aromatic rings. The van der Waals surface area contributed by atoms with Gasteiger partial charge in [0, 0.05) is 16.3 Å². The fraction of sp³-hybridized carbons (Fsp3) is 0.308. The van der Waals surface area contributed by atoms with E-state index < -0.39 is 30.6 Å². The summed E-state index contributed by atoms with van der Waals surface area (Å²) < 4.78 is 50.3. The van der Waals surface area contributed by atoms with Gasteiger partial charge in [-0.25, -0.2) is 0 Å². The minimum absolute atomic E-state index is 0.0399. The normalized spacial score (nSPS) is 14.2. The maximum atomic E-state index is 13.6. The number of carbonyl (C=O) groups is 2. The zero-order valence-electron chi connectivity index (χ0n) is 19.5. The van der Waals surface area contributed by atoms with E-state index in [1.807, 2.05) is 0 Å². The molecular weight excluding hydrogens is 499 g/mol. The number of rotatable bonds is 8. The van der Waals surface area contributed by atoms with Gasteiger partial charge in [-0.1, -0.05) is 48.9 Å². The number of aliphatic carboxylic acids is 1. The van der Waals surface area contributed by atoms with Crippen LogP contribution in [0.1, 0.15) is 47.7 Å². The Morgan fingerprint density at radius 3 is 2.33 bits per heavy atom. The molecule has 10 heteroatoms. The van der Waals surface area contributed by atoms with Crippen LogP contribution >= 0.6 is 11.6 Å². The molecule has 1 N–H and O–H groups in total. The molecule has 1 atom stereocenters. The highest BCUT2D eigenvalue weighted by atomic mass is 35.5. The van der Waals surface area contributed by atoms with Crippen LogP contribution in [0.15, 0.2) is 42.5 Å². The smallest absolute Gasteiger partial charge is 0.422 e. The van der Waals surface area contributed by atoms with Crippen LogP contribution in [-0.2, 0) is 11.3 Å². The van der Waals surface area contributed by atoms with E-state index in [-0.39, 0.29) is 40.8 Å². The average Bonchev–Trinajstić information content (AvgIpc) is 3.15. The highest BCUT2D eigenvalue weighted by Gasteiger charge is 2.39. The summed E-state index contributed by atoms with van der Waals surface area (Å²) in [5, 5.41) is 10.5. The van der Waals surface area contributed by atoms with Crippen LogP contribution in [0.25, 0.3) is 10.8 Å². The number of anilines is 1. The van der Waals surface area contributed by atoms with Crippen molar-refractivity contribution in [2.24, 2.45) is 0 Å². The molecule has 1 amide bonds. The van der Waals surface area contributed by atoms with Gasteiger partial charge in [0.2, 0.25) is 0 Å². The molecular formula is C26H23ClF3NO5. The van der Waals surface area contributed by atoms with Gasteiger partial charge in [-0.05, 0) is 31.0 Å². The monoisotopic (exact) mass is 521 g/mol. The number of carbonyl (C=O) groups excluding carboxylic acids is 1. The van der Waals surface area contributed by atoms with Crippen LogP contribution in [0.3, 0.4) is 0 Å². The second-order valence-corrected chi connectivity index (χ2v) is 8.70. The van der Waals surface area contributed by atoms with Crippen LogP contribution in [0, 0.1) is 0 Å². The van der Waals surface area contributed by atoms with E-state index in [1.165, 1.54) is 11.0 Å². The molecule has 0 aliphatic carbocycles. The standard InChI is InChI=1S/C26H23ClF3NO5/c1-3-15(25(33)34)14-9-10-20(19(27)11-14)31-12-18-21(24(31)32)23(35-4-2)17-8-6-5-7-16(17)22(18)36-13-26(28,29)30/h5-11,15H,3-4,12-13H2,1-2H3,(H,33,34). The summed E-state index contributed by atoms with van der Waals surface area (Å²) in [6, 6.07) is 11.3. The van der Waals surface area contributed by atoms with Crippen molar-refractivity contribution in [3.8, 4) is 11.5 Å². The molecule has 0 bridgehead atoms. The van der Waals surface area contributed by atoms with E-state index in [0.717, 1.165) is 0 Å². The van der Waals surface area contributed by atoms with E-state index in [2.05, 4.69) is 0 Å². The number of fused-ring (bicyclic) bond motifs is 2. The number of ether oxygens (including phenoxy) is 2. The molecule has 0 saturated carbocycles. The van der Waals surface area contributed by atoms with Gasteiger partial charge in [0.1, 0.15) is 11.5 Å². The molecule has 1 heterocycles. The van der Waals surface area contributed by atoms with Gasteiger partial charge in [0.25, 0.3) is 5.91 Å². The van der Waals surface area contributed by atoms with Crippen LogP contribution in [0.5, 0.6) is 11.5 Å². The van der Waals surface area contributed by atoms with Crippen molar-refractivity contribution in [2.75, 3.05) is 18.1 Å². The molecule has 0 spiro atoms. The maximum Gasteiger partial charge on any atom is 0.422 e. The lowest BCUT2D eigenvalue weighted by Crippen LogP contribution is -2.24. The number of hydrogen-bond acceptors (Lipinski definition) is 4. The van der Waals surface area contributed by atoms with Crippen LogP contribution in [0.2, 0.25) is 5.02 Å². The van der Waals surface area contributed by atoms with Gasteiger partial charge in [0.15, 0.2) is 6.61 Å². The van der Waals surface area contributed by atoms with Crippen molar-refractivity contribution in [2.45, 2.75) is 38.9 Å².